The van der Waals surface area contributed by atoms with Gasteiger partial charge < -0.3 is 15.2 Å². The van der Waals surface area contributed by atoms with E-state index in [0.29, 0.717) is 36.9 Å². The molecule has 3 unspecified atom stereocenters. The first-order valence-corrected chi connectivity index (χ1v) is 11.1. The summed E-state index contributed by atoms with van der Waals surface area (Å²) in [4.78, 5) is 11.7. The van der Waals surface area contributed by atoms with Crippen molar-refractivity contribution in [3.05, 3.63) is 65.2 Å². The summed E-state index contributed by atoms with van der Waals surface area (Å²) in [6.07, 6.45) is -1.77. The van der Waals surface area contributed by atoms with Gasteiger partial charge in [0.1, 0.15) is 6.61 Å². The Labute approximate surface area is 186 Å². The van der Waals surface area contributed by atoms with E-state index in [1.54, 1.807) is 0 Å². The first-order chi connectivity index (χ1) is 15.3. The van der Waals surface area contributed by atoms with Crippen LogP contribution in [0.1, 0.15) is 61.8 Å². The summed E-state index contributed by atoms with van der Waals surface area (Å²) in [5, 5.41) is 13.7. The second-order valence-corrected chi connectivity index (χ2v) is 8.38. The molecule has 0 fully saturated rings. The van der Waals surface area contributed by atoms with Crippen LogP contribution >= 0.6 is 0 Å². The molecule has 0 radical (unpaired) electrons. The summed E-state index contributed by atoms with van der Waals surface area (Å²) in [6.45, 7) is 1.92. The van der Waals surface area contributed by atoms with Crippen LogP contribution in [0, 0.1) is 5.92 Å². The smallest absolute Gasteiger partial charge is 0.416 e. The van der Waals surface area contributed by atoms with E-state index in [1.165, 1.54) is 12.1 Å². The zero-order chi connectivity index (χ0) is 23.1. The number of hydrogen-bond donors (Lipinski definition) is 2. The summed E-state index contributed by atoms with van der Waals surface area (Å²) >= 11 is 0. The molecule has 0 amide bonds. The van der Waals surface area contributed by atoms with E-state index in [2.05, 4.69) is 5.32 Å². The van der Waals surface area contributed by atoms with Crippen molar-refractivity contribution in [3.63, 3.8) is 0 Å². The molecule has 2 N–H and O–H groups in total. The van der Waals surface area contributed by atoms with Crippen molar-refractivity contribution in [2.45, 2.75) is 63.8 Å². The maximum Gasteiger partial charge on any atom is 0.416 e. The summed E-state index contributed by atoms with van der Waals surface area (Å²) in [5.74, 6) is -0.333. The Morgan fingerprint density at radius 3 is 2.66 bits per heavy atom. The minimum atomic E-state index is -4.39. The molecule has 174 valence electrons. The van der Waals surface area contributed by atoms with Gasteiger partial charge in [-0.3, -0.25) is 4.79 Å². The van der Waals surface area contributed by atoms with E-state index in [0.717, 1.165) is 24.5 Å². The highest BCUT2D eigenvalue weighted by Crippen LogP contribution is 2.41. The predicted molar refractivity (Wildman–Crippen MR) is 117 cm³/mol. The highest BCUT2D eigenvalue weighted by Gasteiger charge is 2.34. The predicted octanol–water partition coefficient (Wildman–Crippen LogP) is 5.91. The maximum absolute atomic E-state index is 13.2. The molecule has 2 aromatic carbocycles. The lowest BCUT2D eigenvalue weighted by Gasteiger charge is -2.36. The van der Waals surface area contributed by atoms with Gasteiger partial charge in [0.05, 0.1) is 17.7 Å². The monoisotopic (exact) mass is 449 g/mol. The number of esters is 1. The third-order valence-corrected chi connectivity index (χ3v) is 5.90. The number of nitrogens with one attached hydrogen (secondary N) is 1. The number of ether oxygens (including phenoxy) is 1. The fraction of sp³-hybridized carbons (Fsp3) is 0.480. The van der Waals surface area contributed by atoms with Crippen molar-refractivity contribution in [3.8, 4) is 0 Å². The van der Waals surface area contributed by atoms with Crippen LogP contribution in [0.15, 0.2) is 48.5 Å². The largest absolute Gasteiger partial charge is 0.463 e. The second-order valence-electron chi connectivity index (χ2n) is 8.38. The topological polar surface area (TPSA) is 58.6 Å². The number of aliphatic hydroxyl groups excluding tert-OH is 1. The van der Waals surface area contributed by atoms with Crippen molar-refractivity contribution in [2.75, 3.05) is 11.9 Å². The summed E-state index contributed by atoms with van der Waals surface area (Å²) < 4.78 is 44.7. The van der Waals surface area contributed by atoms with Crippen LogP contribution in [0.2, 0.25) is 0 Å². The van der Waals surface area contributed by atoms with Crippen LogP contribution in [0.4, 0.5) is 18.9 Å². The van der Waals surface area contributed by atoms with Gasteiger partial charge in [-0.05, 0) is 60.9 Å². The Kier molecular flexibility index (Phi) is 8.18. The average molecular weight is 450 g/mol. The molecular weight excluding hydrogens is 419 g/mol. The van der Waals surface area contributed by atoms with E-state index in [9.17, 15) is 23.1 Å². The van der Waals surface area contributed by atoms with Gasteiger partial charge in [-0.15, -0.1) is 0 Å². The molecule has 4 nitrogen and oxygen atoms in total. The molecule has 0 saturated heterocycles. The summed E-state index contributed by atoms with van der Waals surface area (Å²) in [6, 6.07) is 13.5. The van der Waals surface area contributed by atoms with Crippen LogP contribution in [0.5, 0.6) is 0 Å². The van der Waals surface area contributed by atoms with E-state index < -0.39 is 17.8 Å². The first kappa shape index (κ1) is 24.1. The molecule has 0 bridgehead atoms. The molecule has 0 aliphatic carbocycles. The number of hydrogen-bond acceptors (Lipinski definition) is 4. The van der Waals surface area contributed by atoms with Gasteiger partial charge in [-0.2, -0.15) is 13.2 Å². The number of carbonyl (C=O) groups excluding carboxylic acids is 1. The number of fused-ring (bicyclic) bond motifs is 1. The van der Waals surface area contributed by atoms with Gasteiger partial charge in [-0.25, -0.2) is 0 Å². The van der Waals surface area contributed by atoms with Crippen LogP contribution in [-0.4, -0.2) is 23.8 Å². The van der Waals surface area contributed by atoms with Gasteiger partial charge in [0.25, 0.3) is 0 Å². The maximum atomic E-state index is 13.2. The number of benzene rings is 2. The minimum absolute atomic E-state index is 0.0150. The Bertz CT molecular complexity index is 886. The molecule has 0 saturated carbocycles. The van der Waals surface area contributed by atoms with E-state index >= 15 is 0 Å². The first-order valence-electron chi connectivity index (χ1n) is 11.1. The molecule has 1 aliphatic heterocycles. The van der Waals surface area contributed by atoms with Crippen LogP contribution in [0.3, 0.4) is 0 Å². The standard InChI is InChI=1S/C25H30F3NO3/c1-2-3-9-23(31)32-16-21(30)12-10-18-14-19-15-20(25(26,27)28)11-13-22(19)29-24(18)17-7-5-4-6-8-17/h4-8,11,13,15,18,21,24,29-30H,2-3,9-10,12,14,16H2,1H3. The Morgan fingerprint density at radius 2 is 1.97 bits per heavy atom. The molecule has 3 atom stereocenters. The highest BCUT2D eigenvalue weighted by atomic mass is 19.4. The second kappa shape index (κ2) is 10.9. The summed E-state index contributed by atoms with van der Waals surface area (Å²) in [7, 11) is 0. The Hall–Kier alpha value is -2.54. The zero-order valence-electron chi connectivity index (χ0n) is 18.2. The molecule has 32 heavy (non-hydrogen) atoms. The molecule has 3 rings (SSSR count). The number of halogens is 3. The Morgan fingerprint density at radius 1 is 1.22 bits per heavy atom. The van der Waals surface area contributed by atoms with Gasteiger partial charge in [0.15, 0.2) is 0 Å². The normalized spacial score (nSPS) is 19.0. The molecule has 2 aromatic rings. The molecule has 1 heterocycles. The SMILES string of the molecule is CCCCC(=O)OCC(O)CCC1Cc2cc(C(F)(F)F)ccc2NC1c1ccccc1. The number of carbonyl (C=O) groups is 1. The Balaban J connectivity index is 1.69. The lowest BCUT2D eigenvalue weighted by Crippen LogP contribution is -2.30. The van der Waals surface area contributed by atoms with Crippen molar-refractivity contribution in [2.24, 2.45) is 5.92 Å². The minimum Gasteiger partial charge on any atom is -0.463 e. The van der Waals surface area contributed by atoms with Crippen molar-refractivity contribution >= 4 is 11.7 Å². The fourth-order valence-corrected chi connectivity index (χ4v) is 4.12. The molecule has 7 heteroatoms. The number of anilines is 1. The van der Waals surface area contributed by atoms with Crippen LogP contribution < -0.4 is 5.32 Å². The molecule has 0 spiro atoms. The van der Waals surface area contributed by atoms with Gasteiger partial charge in [0.2, 0.25) is 0 Å². The fourth-order valence-electron chi connectivity index (χ4n) is 4.12. The lowest BCUT2D eigenvalue weighted by atomic mass is 9.80. The number of rotatable bonds is 9. The quantitative estimate of drug-likeness (QED) is 0.468. The molecule has 1 aliphatic rings. The van der Waals surface area contributed by atoms with Crippen molar-refractivity contribution < 1.29 is 27.8 Å². The third-order valence-electron chi connectivity index (χ3n) is 5.90. The summed E-state index contributed by atoms with van der Waals surface area (Å²) in [5.41, 5.74) is 1.71. The molecular formula is C25H30F3NO3. The van der Waals surface area contributed by atoms with Crippen LogP contribution in [0.25, 0.3) is 0 Å². The van der Waals surface area contributed by atoms with Crippen molar-refractivity contribution in [1.82, 2.24) is 0 Å². The average Bonchev–Trinajstić information content (AvgIpc) is 2.79. The zero-order valence-corrected chi connectivity index (χ0v) is 18.2. The van der Waals surface area contributed by atoms with E-state index in [4.69, 9.17) is 4.74 Å². The lowest BCUT2D eigenvalue weighted by molar-refractivity contribution is -0.147. The van der Waals surface area contributed by atoms with E-state index in [-0.39, 0.29) is 24.5 Å². The highest BCUT2D eigenvalue weighted by molar-refractivity contribution is 5.69. The van der Waals surface area contributed by atoms with Crippen LogP contribution in [-0.2, 0) is 22.1 Å². The number of unbranched alkanes of at least 4 members (excludes halogenated alkanes) is 1. The molecule has 0 aromatic heterocycles. The number of aliphatic hydroxyl groups is 1. The van der Waals surface area contributed by atoms with Crippen molar-refractivity contribution in [1.29, 1.82) is 0 Å². The van der Waals surface area contributed by atoms with Gasteiger partial charge in [0, 0.05) is 12.1 Å². The van der Waals surface area contributed by atoms with E-state index in [1.807, 2.05) is 37.3 Å². The van der Waals surface area contributed by atoms with Gasteiger partial charge >= 0.3 is 12.1 Å². The third kappa shape index (κ3) is 6.48. The number of alkyl halides is 3. The van der Waals surface area contributed by atoms with Gasteiger partial charge in [-0.1, -0.05) is 43.7 Å².